The summed E-state index contributed by atoms with van der Waals surface area (Å²) in [5, 5.41) is 12.2. The Kier molecular flexibility index (Phi) is 7.36. The van der Waals surface area contributed by atoms with Gasteiger partial charge in [0, 0.05) is 32.5 Å². The second kappa shape index (κ2) is 10.6. The summed E-state index contributed by atoms with van der Waals surface area (Å²) in [4.78, 5) is 13.8. The molecule has 172 valence electrons. The molecule has 3 aromatic heterocycles. The predicted molar refractivity (Wildman–Crippen MR) is 130 cm³/mol. The second-order valence-corrected chi connectivity index (χ2v) is 8.20. The number of anilines is 1. The molecule has 0 bridgehead atoms. The van der Waals surface area contributed by atoms with Crippen molar-refractivity contribution >= 4 is 28.5 Å². The highest BCUT2D eigenvalue weighted by Gasteiger charge is 2.17. The van der Waals surface area contributed by atoms with Gasteiger partial charge in [0.05, 0.1) is 24.4 Å². The van der Waals surface area contributed by atoms with Crippen LogP contribution in [-0.2, 0) is 33.1 Å². The lowest BCUT2D eigenvalue weighted by Crippen LogP contribution is -2.16. The van der Waals surface area contributed by atoms with Gasteiger partial charge in [0.1, 0.15) is 22.6 Å². The molecule has 0 amide bonds. The third kappa shape index (κ3) is 5.40. The van der Waals surface area contributed by atoms with Gasteiger partial charge in [0.2, 0.25) is 0 Å². The summed E-state index contributed by atoms with van der Waals surface area (Å²) >= 11 is 6.30. The van der Waals surface area contributed by atoms with E-state index in [4.69, 9.17) is 31.4 Å². The maximum Gasteiger partial charge on any atom is 0.156 e. The van der Waals surface area contributed by atoms with Crippen molar-refractivity contribution < 1.29 is 4.74 Å². The van der Waals surface area contributed by atoms with Crippen LogP contribution in [0.25, 0.3) is 11.0 Å². The molecule has 0 saturated heterocycles. The number of hydrogen-bond acceptors (Lipinski definition) is 7. The maximum atomic E-state index is 6.30. The first kappa shape index (κ1) is 22.9. The molecule has 0 aliphatic rings. The van der Waals surface area contributed by atoms with Crippen LogP contribution in [0.15, 0.2) is 42.7 Å². The van der Waals surface area contributed by atoms with E-state index in [-0.39, 0.29) is 0 Å². The van der Waals surface area contributed by atoms with E-state index in [1.54, 1.807) is 13.3 Å². The van der Waals surface area contributed by atoms with Crippen molar-refractivity contribution in [2.24, 2.45) is 7.05 Å². The third-order valence-electron chi connectivity index (χ3n) is 5.30. The van der Waals surface area contributed by atoms with Crippen LogP contribution in [0.1, 0.15) is 36.0 Å². The molecule has 0 saturated carbocycles. The molecule has 8 nitrogen and oxygen atoms in total. The topological polar surface area (TPSA) is 89.8 Å². The average molecular weight is 466 g/mol. The lowest BCUT2D eigenvalue weighted by atomic mass is 10.2. The Labute approximate surface area is 198 Å². The maximum absolute atomic E-state index is 6.30. The molecule has 0 spiro atoms. The van der Waals surface area contributed by atoms with Crippen LogP contribution in [0.5, 0.6) is 5.75 Å². The molecular formula is C24H28ClN7O. The monoisotopic (exact) mass is 465 g/mol. The minimum absolute atomic E-state index is 0.536. The number of methoxy groups -OCH3 is 1. The Morgan fingerprint density at radius 1 is 1.09 bits per heavy atom. The number of nitrogens with one attached hydrogen (secondary N) is 2. The number of aryl methyl sites for hydroxylation is 2. The molecule has 0 aliphatic carbocycles. The van der Waals surface area contributed by atoms with Gasteiger partial charge in [-0.3, -0.25) is 9.67 Å². The van der Waals surface area contributed by atoms with Crippen LogP contribution in [0, 0.1) is 0 Å². The normalized spacial score (nSPS) is 11.2. The molecule has 0 unspecified atom stereocenters. The smallest absolute Gasteiger partial charge is 0.156 e. The van der Waals surface area contributed by atoms with E-state index in [9.17, 15) is 0 Å². The first-order valence-electron chi connectivity index (χ1n) is 11.0. The van der Waals surface area contributed by atoms with Crippen LogP contribution in [0.2, 0.25) is 5.02 Å². The van der Waals surface area contributed by atoms with Crippen molar-refractivity contribution in [1.82, 2.24) is 30.0 Å². The van der Waals surface area contributed by atoms with E-state index in [2.05, 4.69) is 22.5 Å². The largest absolute Gasteiger partial charge is 0.495 e. The van der Waals surface area contributed by atoms with Gasteiger partial charge in [-0.1, -0.05) is 37.1 Å². The van der Waals surface area contributed by atoms with Crippen LogP contribution < -0.4 is 15.4 Å². The van der Waals surface area contributed by atoms with Gasteiger partial charge in [0.25, 0.3) is 0 Å². The second-order valence-electron chi connectivity index (χ2n) is 7.79. The average Bonchev–Trinajstić information content (AvgIpc) is 3.14. The van der Waals surface area contributed by atoms with E-state index < -0.39 is 0 Å². The van der Waals surface area contributed by atoms with E-state index in [0.717, 1.165) is 46.5 Å². The summed E-state index contributed by atoms with van der Waals surface area (Å²) in [5.74, 6) is 2.12. The van der Waals surface area contributed by atoms with Crippen LogP contribution in [0.3, 0.4) is 0 Å². The predicted octanol–water partition coefficient (Wildman–Crippen LogP) is 4.27. The number of benzene rings is 1. The molecule has 1 aromatic carbocycles. The number of ether oxygens (including phenoxy) is 1. The molecule has 4 aromatic rings. The summed E-state index contributed by atoms with van der Waals surface area (Å²) in [7, 11) is 3.54. The first-order valence-corrected chi connectivity index (χ1v) is 11.3. The van der Waals surface area contributed by atoms with Crippen molar-refractivity contribution in [3.63, 3.8) is 0 Å². The first-order chi connectivity index (χ1) is 16.1. The molecule has 3 heterocycles. The van der Waals surface area contributed by atoms with Gasteiger partial charge in [-0.2, -0.15) is 5.10 Å². The minimum Gasteiger partial charge on any atom is -0.495 e. The van der Waals surface area contributed by atoms with Gasteiger partial charge in [0.15, 0.2) is 5.82 Å². The molecule has 0 radical (unpaired) electrons. The number of fused-ring (bicyclic) bond motifs is 1. The van der Waals surface area contributed by atoms with Crippen molar-refractivity contribution in [2.75, 3.05) is 12.4 Å². The fourth-order valence-corrected chi connectivity index (χ4v) is 4.00. The van der Waals surface area contributed by atoms with Gasteiger partial charge in [-0.15, -0.1) is 0 Å². The Morgan fingerprint density at radius 3 is 2.70 bits per heavy atom. The summed E-state index contributed by atoms with van der Waals surface area (Å²) in [5.41, 5.74) is 4.92. The van der Waals surface area contributed by atoms with E-state index >= 15 is 0 Å². The van der Waals surface area contributed by atoms with E-state index in [1.165, 1.54) is 0 Å². The third-order valence-corrected chi connectivity index (χ3v) is 5.59. The molecular weight excluding hydrogens is 438 g/mol. The van der Waals surface area contributed by atoms with Gasteiger partial charge >= 0.3 is 0 Å². The molecule has 0 fully saturated rings. The number of nitrogens with zero attached hydrogens (tertiary/aromatic N) is 5. The van der Waals surface area contributed by atoms with Crippen molar-refractivity contribution in [3.8, 4) is 5.75 Å². The van der Waals surface area contributed by atoms with Crippen molar-refractivity contribution in [1.29, 1.82) is 0 Å². The molecule has 0 atom stereocenters. The SMILES string of the molecule is CCCc1nn(C)c2c(NCc3ccc(OC)c(Cl)c3)nc(CNCc3cccnc3)nc12. The fraction of sp³-hybridized carbons (Fsp3) is 0.333. The molecule has 33 heavy (non-hydrogen) atoms. The summed E-state index contributed by atoms with van der Waals surface area (Å²) < 4.78 is 7.11. The van der Waals surface area contributed by atoms with E-state index in [1.807, 2.05) is 48.3 Å². The summed E-state index contributed by atoms with van der Waals surface area (Å²) in [6.07, 6.45) is 5.49. The Morgan fingerprint density at radius 2 is 1.97 bits per heavy atom. The highest BCUT2D eigenvalue weighted by Crippen LogP contribution is 2.27. The summed E-state index contributed by atoms with van der Waals surface area (Å²) in [6, 6.07) is 9.72. The molecule has 4 rings (SSSR count). The number of hydrogen-bond donors (Lipinski definition) is 2. The standard InChI is InChI=1S/C24H28ClN7O/c1-4-6-19-22-23(32(2)31-19)24(28-14-16-8-9-20(33-3)18(25)11-16)30-21(29-22)15-27-13-17-7-5-10-26-12-17/h5,7-12,27H,4,6,13-15H2,1-3H3,(H,28,29,30). The van der Waals surface area contributed by atoms with Gasteiger partial charge in [-0.25, -0.2) is 9.97 Å². The number of pyridine rings is 1. The highest BCUT2D eigenvalue weighted by atomic mass is 35.5. The molecule has 9 heteroatoms. The highest BCUT2D eigenvalue weighted by molar-refractivity contribution is 6.32. The zero-order valence-corrected chi connectivity index (χ0v) is 19.9. The van der Waals surface area contributed by atoms with E-state index in [0.29, 0.717) is 36.2 Å². The lowest BCUT2D eigenvalue weighted by Gasteiger charge is -2.12. The quantitative estimate of drug-likeness (QED) is 0.361. The van der Waals surface area contributed by atoms with Crippen LogP contribution >= 0.6 is 11.6 Å². The number of halogens is 1. The Hall–Kier alpha value is -3.23. The Bertz CT molecular complexity index is 1230. The summed E-state index contributed by atoms with van der Waals surface area (Å²) in [6.45, 7) is 3.93. The molecule has 0 aliphatic heterocycles. The zero-order chi connectivity index (χ0) is 23.2. The fourth-order valence-electron chi connectivity index (χ4n) is 3.72. The van der Waals surface area contributed by atoms with Gasteiger partial charge in [-0.05, 0) is 35.7 Å². The number of rotatable bonds is 10. The van der Waals surface area contributed by atoms with Gasteiger partial charge < -0.3 is 15.4 Å². The van der Waals surface area contributed by atoms with Crippen molar-refractivity contribution in [2.45, 2.75) is 39.4 Å². The van der Waals surface area contributed by atoms with Crippen molar-refractivity contribution in [3.05, 3.63) is 70.4 Å². The minimum atomic E-state index is 0.536. The zero-order valence-electron chi connectivity index (χ0n) is 19.1. The number of aromatic nitrogens is 5. The lowest BCUT2D eigenvalue weighted by molar-refractivity contribution is 0.415. The van der Waals surface area contributed by atoms with Crippen LogP contribution in [-0.4, -0.2) is 31.8 Å². The Balaban J connectivity index is 1.59. The molecule has 2 N–H and O–H groups in total. The van der Waals surface area contributed by atoms with Crippen LogP contribution in [0.4, 0.5) is 5.82 Å².